The van der Waals surface area contributed by atoms with Crippen molar-refractivity contribution in [3.8, 4) is 5.95 Å². The predicted octanol–water partition coefficient (Wildman–Crippen LogP) is 3.78. The molecule has 1 aliphatic rings. The van der Waals surface area contributed by atoms with E-state index in [-0.39, 0.29) is 11.4 Å². The number of imidazole rings is 1. The van der Waals surface area contributed by atoms with E-state index < -0.39 is 0 Å². The monoisotopic (exact) mass is 419 g/mol. The number of aromatic amines is 2. The molecular weight excluding hydrogens is 393 g/mol. The third kappa shape index (κ3) is 3.93. The summed E-state index contributed by atoms with van der Waals surface area (Å²) in [5.41, 5.74) is 4.50. The van der Waals surface area contributed by atoms with Crippen molar-refractivity contribution in [2.24, 2.45) is 0 Å². The first-order valence-corrected chi connectivity index (χ1v) is 10.8. The van der Waals surface area contributed by atoms with Crippen LogP contribution in [0.15, 0.2) is 53.3 Å². The number of rotatable bonds is 5. The van der Waals surface area contributed by atoms with Gasteiger partial charge in [-0.25, -0.2) is 9.37 Å². The van der Waals surface area contributed by atoms with E-state index >= 15 is 0 Å². The Balaban J connectivity index is 1.52. The van der Waals surface area contributed by atoms with Gasteiger partial charge in [-0.1, -0.05) is 24.3 Å². The van der Waals surface area contributed by atoms with Crippen LogP contribution in [0.3, 0.4) is 0 Å². The molecule has 1 saturated heterocycles. The van der Waals surface area contributed by atoms with Crippen molar-refractivity contribution >= 4 is 11.0 Å². The van der Waals surface area contributed by atoms with Gasteiger partial charge >= 0.3 is 0 Å². The summed E-state index contributed by atoms with van der Waals surface area (Å²) in [5.74, 6) is 0.579. The van der Waals surface area contributed by atoms with Crippen LogP contribution in [0.25, 0.3) is 17.0 Å². The number of benzene rings is 2. The zero-order chi connectivity index (χ0) is 21.4. The molecule has 1 aliphatic heterocycles. The summed E-state index contributed by atoms with van der Waals surface area (Å²) in [5, 5.41) is 3.39. The van der Waals surface area contributed by atoms with Gasteiger partial charge in [0.25, 0.3) is 5.56 Å². The van der Waals surface area contributed by atoms with Crippen LogP contribution in [0.1, 0.15) is 35.6 Å². The first kappa shape index (κ1) is 19.8. The number of hydrogen-bond donors (Lipinski definition) is 2. The van der Waals surface area contributed by atoms with Crippen LogP contribution in [0.5, 0.6) is 0 Å². The summed E-state index contributed by atoms with van der Waals surface area (Å²) in [6, 6.07) is 14.3. The van der Waals surface area contributed by atoms with E-state index in [1.54, 1.807) is 16.8 Å². The molecule has 0 aliphatic carbocycles. The molecule has 0 unspecified atom stereocenters. The Hall–Kier alpha value is -3.19. The smallest absolute Gasteiger partial charge is 0.277 e. The largest absolute Gasteiger partial charge is 0.322 e. The molecule has 5 rings (SSSR count). The van der Waals surface area contributed by atoms with Crippen molar-refractivity contribution in [1.29, 1.82) is 0 Å². The summed E-state index contributed by atoms with van der Waals surface area (Å²) < 4.78 is 14.8. The summed E-state index contributed by atoms with van der Waals surface area (Å²) in [7, 11) is 2.13. The molecule has 160 valence electrons. The number of likely N-dealkylation sites (tertiary alicyclic amines) is 1. The van der Waals surface area contributed by atoms with Crippen LogP contribution in [-0.4, -0.2) is 44.8 Å². The van der Waals surface area contributed by atoms with Crippen molar-refractivity contribution in [2.45, 2.75) is 31.6 Å². The lowest BCUT2D eigenvalue weighted by Crippen LogP contribution is -2.29. The number of piperidine rings is 1. The van der Waals surface area contributed by atoms with E-state index in [0.717, 1.165) is 53.8 Å². The molecule has 0 radical (unpaired) electrons. The van der Waals surface area contributed by atoms with Crippen molar-refractivity contribution in [1.82, 2.24) is 24.6 Å². The average Bonchev–Trinajstić information content (AvgIpc) is 3.35. The molecule has 2 aromatic heterocycles. The molecule has 31 heavy (non-hydrogen) atoms. The minimum atomic E-state index is -0.246. The molecule has 0 atom stereocenters. The Bertz CT molecular complexity index is 1210. The van der Waals surface area contributed by atoms with E-state index in [4.69, 9.17) is 0 Å². The zero-order valence-electron chi connectivity index (χ0n) is 17.6. The fourth-order valence-corrected chi connectivity index (χ4v) is 4.48. The molecule has 2 aromatic carbocycles. The van der Waals surface area contributed by atoms with Crippen molar-refractivity contribution in [2.75, 3.05) is 20.1 Å². The maximum absolute atomic E-state index is 13.5. The van der Waals surface area contributed by atoms with Gasteiger partial charge in [0.15, 0.2) is 0 Å². The summed E-state index contributed by atoms with van der Waals surface area (Å²) in [6.45, 7) is 2.03. The average molecular weight is 420 g/mol. The molecule has 0 amide bonds. The Kier molecular flexibility index (Phi) is 5.19. The SMILES string of the molecule is CN1CCC(c2[nH]n(-c3nc4ccccc4[nH]3)c(=O)c2CCc2ccc(F)cc2)CC1. The topological polar surface area (TPSA) is 69.7 Å². The lowest BCUT2D eigenvalue weighted by molar-refractivity contribution is 0.252. The zero-order valence-corrected chi connectivity index (χ0v) is 17.6. The highest BCUT2D eigenvalue weighted by Crippen LogP contribution is 2.29. The highest BCUT2D eigenvalue weighted by molar-refractivity contribution is 5.75. The number of nitrogens with one attached hydrogen (secondary N) is 2. The second-order valence-electron chi connectivity index (χ2n) is 8.43. The van der Waals surface area contributed by atoms with Crippen LogP contribution in [-0.2, 0) is 12.8 Å². The second kappa shape index (κ2) is 8.15. The molecular formula is C24H26FN5O. The number of para-hydroxylation sites is 2. The van der Waals surface area contributed by atoms with Gasteiger partial charge in [-0.15, -0.1) is 0 Å². The standard InChI is InChI=1S/C24H26FN5O/c1-29-14-12-17(13-15-29)22-19(11-8-16-6-9-18(25)10-7-16)23(31)30(28-22)24-26-20-4-2-3-5-21(20)27-24/h2-7,9-10,17,28H,8,11-15H2,1H3,(H,26,27). The molecule has 0 spiro atoms. The maximum atomic E-state index is 13.5. The fourth-order valence-electron chi connectivity index (χ4n) is 4.48. The van der Waals surface area contributed by atoms with E-state index in [0.29, 0.717) is 24.7 Å². The highest BCUT2D eigenvalue weighted by Gasteiger charge is 2.26. The fraction of sp³-hybridized carbons (Fsp3) is 0.333. The summed E-state index contributed by atoms with van der Waals surface area (Å²) in [6.07, 6.45) is 3.32. The Morgan fingerprint density at radius 2 is 1.81 bits per heavy atom. The molecule has 0 bridgehead atoms. The van der Waals surface area contributed by atoms with Crippen LogP contribution in [0.2, 0.25) is 0 Å². The first-order valence-electron chi connectivity index (χ1n) is 10.8. The van der Waals surface area contributed by atoms with E-state index in [1.165, 1.54) is 12.1 Å². The number of nitrogens with zero attached hydrogens (tertiary/aromatic N) is 3. The van der Waals surface area contributed by atoms with Crippen molar-refractivity contribution < 1.29 is 4.39 Å². The second-order valence-corrected chi connectivity index (χ2v) is 8.43. The third-order valence-electron chi connectivity index (χ3n) is 6.31. The lowest BCUT2D eigenvalue weighted by Gasteiger charge is -2.28. The van der Waals surface area contributed by atoms with Crippen LogP contribution in [0.4, 0.5) is 4.39 Å². The summed E-state index contributed by atoms with van der Waals surface area (Å²) >= 11 is 0. The van der Waals surface area contributed by atoms with E-state index in [1.807, 2.05) is 24.3 Å². The van der Waals surface area contributed by atoms with Crippen LogP contribution < -0.4 is 5.56 Å². The molecule has 0 saturated carbocycles. The van der Waals surface area contributed by atoms with Crippen LogP contribution >= 0.6 is 0 Å². The van der Waals surface area contributed by atoms with Gasteiger partial charge in [-0.2, -0.15) is 4.68 Å². The quantitative estimate of drug-likeness (QED) is 0.517. The number of hydrogen-bond acceptors (Lipinski definition) is 3. The van der Waals surface area contributed by atoms with Gasteiger partial charge in [0, 0.05) is 17.2 Å². The molecule has 1 fully saturated rings. The van der Waals surface area contributed by atoms with Gasteiger partial charge in [0.1, 0.15) is 5.82 Å². The molecule has 2 N–H and O–H groups in total. The minimum absolute atomic E-state index is 0.0601. The first-order chi connectivity index (χ1) is 15.1. The Morgan fingerprint density at radius 1 is 1.06 bits per heavy atom. The van der Waals surface area contributed by atoms with E-state index in [2.05, 4.69) is 27.0 Å². The van der Waals surface area contributed by atoms with Gasteiger partial charge in [-0.3, -0.25) is 9.89 Å². The molecule has 3 heterocycles. The summed E-state index contributed by atoms with van der Waals surface area (Å²) in [4.78, 5) is 23.6. The maximum Gasteiger partial charge on any atom is 0.277 e. The molecule has 4 aromatic rings. The number of H-pyrrole nitrogens is 2. The van der Waals surface area contributed by atoms with Gasteiger partial charge < -0.3 is 9.88 Å². The molecule has 7 heteroatoms. The van der Waals surface area contributed by atoms with E-state index in [9.17, 15) is 9.18 Å². The number of aromatic nitrogens is 4. The Morgan fingerprint density at radius 3 is 2.55 bits per heavy atom. The lowest BCUT2D eigenvalue weighted by atomic mass is 9.90. The highest BCUT2D eigenvalue weighted by atomic mass is 19.1. The predicted molar refractivity (Wildman–Crippen MR) is 119 cm³/mol. The minimum Gasteiger partial charge on any atom is -0.322 e. The van der Waals surface area contributed by atoms with Gasteiger partial charge in [0.05, 0.1) is 11.0 Å². The number of aryl methyl sites for hydroxylation is 1. The number of halogens is 1. The van der Waals surface area contributed by atoms with Crippen molar-refractivity contribution in [3.05, 3.63) is 81.5 Å². The van der Waals surface area contributed by atoms with Crippen LogP contribution in [0, 0.1) is 5.82 Å². The number of fused-ring (bicyclic) bond motifs is 1. The Labute approximate surface area is 179 Å². The van der Waals surface area contributed by atoms with Gasteiger partial charge in [-0.05, 0) is 75.6 Å². The molecule has 6 nitrogen and oxygen atoms in total. The van der Waals surface area contributed by atoms with Crippen molar-refractivity contribution in [3.63, 3.8) is 0 Å². The van der Waals surface area contributed by atoms with Gasteiger partial charge in [0.2, 0.25) is 5.95 Å². The third-order valence-corrected chi connectivity index (χ3v) is 6.31. The normalized spacial score (nSPS) is 15.7.